The number of benzene rings is 2. The number of halogens is 1. The van der Waals surface area contributed by atoms with E-state index in [1.807, 2.05) is 0 Å². The monoisotopic (exact) mass is 443 g/mol. The van der Waals surface area contributed by atoms with Crippen molar-refractivity contribution in [2.45, 2.75) is 57.3 Å². The summed E-state index contributed by atoms with van der Waals surface area (Å²) in [5.41, 5.74) is 1.00. The largest absolute Gasteiger partial charge is 0.481 e. The van der Waals surface area contributed by atoms with Crippen molar-refractivity contribution in [3.8, 4) is 0 Å². The van der Waals surface area contributed by atoms with Gasteiger partial charge in [0.05, 0.1) is 24.3 Å². The van der Waals surface area contributed by atoms with Crippen LogP contribution in [-0.4, -0.2) is 51.2 Å². The Morgan fingerprint density at radius 2 is 1.81 bits per heavy atom. The molecule has 0 unspecified atom stereocenters. The van der Waals surface area contributed by atoms with E-state index in [-0.39, 0.29) is 41.5 Å². The van der Waals surface area contributed by atoms with Crippen molar-refractivity contribution in [1.29, 1.82) is 0 Å². The fourth-order valence-corrected chi connectivity index (χ4v) is 4.24. The summed E-state index contributed by atoms with van der Waals surface area (Å²) in [5, 5.41) is 29.8. The number of hydrogen-bond donors (Lipinski definition) is 3. The lowest BCUT2D eigenvalue weighted by Gasteiger charge is -2.30. The molecule has 32 heavy (non-hydrogen) atoms. The normalized spacial score (nSPS) is 18.3. The molecule has 3 rings (SSSR count). The lowest BCUT2D eigenvalue weighted by Crippen LogP contribution is -2.39. The zero-order valence-electron chi connectivity index (χ0n) is 17.9. The molecule has 0 radical (unpaired) electrons. The van der Waals surface area contributed by atoms with E-state index in [4.69, 9.17) is 5.11 Å². The van der Waals surface area contributed by atoms with Crippen molar-refractivity contribution >= 4 is 23.3 Å². The smallest absolute Gasteiger partial charge is 0.305 e. The van der Waals surface area contributed by atoms with Gasteiger partial charge in [-0.3, -0.25) is 14.4 Å². The van der Waals surface area contributed by atoms with Gasteiger partial charge in [0.25, 0.3) is 0 Å². The number of rotatable bonds is 6. The highest BCUT2D eigenvalue weighted by Gasteiger charge is 2.35. The summed E-state index contributed by atoms with van der Waals surface area (Å²) in [6.45, 7) is 3.60. The number of fused-ring (bicyclic) bond motifs is 2. The van der Waals surface area contributed by atoms with Crippen LogP contribution in [0.3, 0.4) is 0 Å². The zero-order chi connectivity index (χ0) is 23.6. The predicted octanol–water partition coefficient (Wildman–Crippen LogP) is 2.87. The molecule has 3 N–H and O–H groups in total. The van der Waals surface area contributed by atoms with E-state index in [9.17, 15) is 29.0 Å². The number of hydrogen-bond acceptors (Lipinski definition) is 5. The molecule has 0 aliphatic carbocycles. The predicted molar refractivity (Wildman–Crippen MR) is 115 cm³/mol. The molecule has 3 atom stereocenters. The molecule has 1 aliphatic rings. The van der Waals surface area contributed by atoms with E-state index < -0.39 is 42.1 Å². The molecule has 8 heteroatoms. The van der Waals surface area contributed by atoms with Crippen LogP contribution < -0.4 is 4.90 Å². The third-order valence-corrected chi connectivity index (χ3v) is 5.63. The summed E-state index contributed by atoms with van der Waals surface area (Å²) >= 11 is 0. The van der Waals surface area contributed by atoms with E-state index in [1.165, 1.54) is 11.0 Å². The molecule has 1 aliphatic heterocycles. The van der Waals surface area contributed by atoms with Crippen molar-refractivity contribution in [2.24, 2.45) is 0 Å². The minimum atomic E-state index is -1.38. The number of para-hydroxylation sites is 1. The molecule has 1 heterocycles. The Morgan fingerprint density at radius 3 is 2.47 bits per heavy atom. The van der Waals surface area contributed by atoms with Gasteiger partial charge in [0.2, 0.25) is 5.91 Å². The topological polar surface area (TPSA) is 115 Å². The second-order valence-corrected chi connectivity index (χ2v) is 8.30. The van der Waals surface area contributed by atoms with Crippen molar-refractivity contribution in [3.63, 3.8) is 0 Å². The maximum Gasteiger partial charge on any atom is 0.305 e. The minimum absolute atomic E-state index is 0.147. The highest BCUT2D eigenvalue weighted by Crippen LogP contribution is 2.36. The number of amides is 1. The van der Waals surface area contributed by atoms with Gasteiger partial charge in [0.15, 0.2) is 5.78 Å². The van der Waals surface area contributed by atoms with Crippen LogP contribution in [0.25, 0.3) is 0 Å². The first-order chi connectivity index (χ1) is 15.1. The number of anilines is 1. The lowest BCUT2D eigenvalue weighted by molar-refractivity contribution is -0.139. The van der Waals surface area contributed by atoms with Gasteiger partial charge in [0, 0.05) is 35.9 Å². The van der Waals surface area contributed by atoms with Crippen LogP contribution in [0.2, 0.25) is 0 Å². The van der Waals surface area contributed by atoms with Gasteiger partial charge >= 0.3 is 5.97 Å². The van der Waals surface area contributed by atoms with Gasteiger partial charge in [0.1, 0.15) is 5.82 Å². The molecule has 2 aromatic rings. The Kier molecular flexibility index (Phi) is 7.06. The van der Waals surface area contributed by atoms with E-state index >= 15 is 0 Å². The van der Waals surface area contributed by atoms with Crippen LogP contribution in [0.1, 0.15) is 60.5 Å². The van der Waals surface area contributed by atoms with Crippen molar-refractivity contribution in [3.05, 3.63) is 65.0 Å². The summed E-state index contributed by atoms with van der Waals surface area (Å²) in [6, 6.07) is 9.94. The SMILES string of the molecule is CC(C)N1C(=O)C[C@H]([C@@H](O)C[C@@H](O)CC(=O)O)c2cc(F)ccc2C(=O)c2ccccc21. The van der Waals surface area contributed by atoms with Gasteiger partial charge in [-0.05, 0) is 49.7 Å². The van der Waals surface area contributed by atoms with Crippen molar-refractivity contribution in [1.82, 2.24) is 0 Å². The number of carbonyl (C=O) groups excluding carboxylic acids is 2. The van der Waals surface area contributed by atoms with Gasteiger partial charge in [-0.15, -0.1) is 0 Å². The number of aliphatic carboxylic acids is 1. The molecule has 0 bridgehead atoms. The highest BCUT2D eigenvalue weighted by molar-refractivity contribution is 6.15. The van der Waals surface area contributed by atoms with Gasteiger partial charge in [-0.25, -0.2) is 4.39 Å². The zero-order valence-corrected chi connectivity index (χ0v) is 17.9. The average molecular weight is 443 g/mol. The van der Waals surface area contributed by atoms with Crippen molar-refractivity contribution in [2.75, 3.05) is 4.90 Å². The molecule has 7 nitrogen and oxygen atoms in total. The summed E-state index contributed by atoms with van der Waals surface area (Å²) in [5.74, 6) is -3.69. The van der Waals surface area contributed by atoms with E-state index in [0.29, 0.717) is 5.69 Å². The fourth-order valence-electron chi connectivity index (χ4n) is 4.24. The van der Waals surface area contributed by atoms with Crippen LogP contribution in [0.5, 0.6) is 0 Å². The highest BCUT2D eigenvalue weighted by atomic mass is 19.1. The number of aliphatic hydroxyl groups is 2. The number of ketones is 1. The third kappa shape index (κ3) is 4.87. The summed E-state index contributed by atoms with van der Waals surface area (Å²) in [6.07, 6.45) is -3.93. The molecule has 0 saturated heterocycles. The molecule has 0 saturated carbocycles. The number of carbonyl (C=O) groups is 3. The van der Waals surface area contributed by atoms with E-state index in [2.05, 4.69) is 0 Å². The first kappa shape index (κ1) is 23.6. The fraction of sp³-hybridized carbons (Fsp3) is 0.375. The molecular formula is C24H26FNO6. The summed E-state index contributed by atoms with van der Waals surface area (Å²) in [4.78, 5) is 39.2. The summed E-state index contributed by atoms with van der Waals surface area (Å²) < 4.78 is 14.2. The Morgan fingerprint density at radius 1 is 1.12 bits per heavy atom. The Bertz CT molecular complexity index is 1040. The number of aliphatic hydroxyl groups excluding tert-OH is 2. The van der Waals surface area contributed by atoms with Crippen LogP contribution in [-0.2, 0) is 9.59 Å². The maximum atomic E-state index is 14.2. The Labute approximate surface area is 185 Å². The Balaban J connectivity index is 2.15. The standard InChI is InChI=1S/C24H26FNO6/c1-13(2)26-20-6-4-3-5-17(20)24(32)16-8-7-14(25)9-18(16)19(12-22(26)29)21(28)10-15(27)11-23(30)31/h3-9,13,15,19,21,27-28H,10-12H2,1-2H3,(H,30,31)/t15-,19+,21+/m1/s1. The van der Waals surface area contributed by atoms with E-state index in [0.717, 1.165) is 12.1 Å². The van der Waals surface area contributed by atoms with Gasteiger partial charge in [-0.2, -0.15) is 0 Å². The molecule has 1 amide bonds. The van der Waals surface area contributed by atoms with Gasteiger partial charge in [-0.1, -0.05) is 12.1 Å². The average Bonchev–Trinajstić information content (AvgIpc) is 2.74. The lowest BCUT2D eigenvalue weighted by atomic mass is 9.83. The maximum absolute atomic E-state index is 14.2. The van der Waals surface area contributed by atoms with Crippen molar-refractivity contribution < 1.29 is 34.1 Å². The Hall–Kier alpha value is -3.10. The van der Waals surface area contributed by atoms with Crippen LogP contribution in [0.15, 0.2) is 42.5 Å². The molecule has 170 valence electrons. The minimum Gasteiger partial charge on any atom is -0.481 e. The third-order valence-electron chi connectivity index (χ3n) is 5.63. The molecule has 0 fully saturated rings. The molecule has 0 spiro atoms. The first-order valence-corrected chi connectivity index (χ1v) is 10.4. The number of nitrogens with zero attached hydrogens (tertiary/aromatic N) is 1. The second-order valence-electron chi connectivity index (χ2n) is 8.30. The molecule has 2 aromatic carbocycles. The van der Waals surface area contributed by atoms with Crippen LogP contribution >= 0.6 is 0 Å². The molecule has 0 aromatic heterocycles. The quantitative estimate of drug-likeness (QED) is 0.632. The van der Waals surface area contributed by atoms with E-state index in [1.54, 1.807) is 38.1 Å². The summed E-state index contributed by atoms with van der Waals surface area (Å²) in [7, 11) is 0. The first-order valence-electron chi connectivity index (χ1n) is 10.4. The number of carboxylic acid groups (broad SMARTS) is 1. The number of carboxylic acids is 1. The molecular weight excluding hydrogens is 417 g/mol. The van der Waals surface area contributed by atoms with Crippen LogP contribution in [0.4, 0.5) is 10.1 Å². The van der Waals surface area contributed by atoms with Gasteiger partial charge < -0.3 is 20.2 Å². The van der Waals surface area contributed by atoms with Crippen LogP contribution in [0, 0.1) is 5.82 Å². The second kappa shape index (κ2) is 9.58.